The lowest BCUT2D eigenvalue weighted by atomic mass is 9.94. The van der Waals surface area contributed by atoms with E-state index < -0.39 is 0 Å². The summed E-state index contributed by atoms with van der Waals surface area (Å²) in [5, 5.41) is 0. The lowest BCUT2D eigenvalue weighted by molar-refractivity contribution is -0.0633. The van der Waals surface area contributed by atoms with Crippen molar-refractivity contribution in [2.75, 3.05) is 13.7 Å². The summed E-state index contributed by atoms with van der Waals surface area (Å²) >= 11 is 0. The van der Waals surface area contributed by atoms with Gasteiger partial charge in [-0.2, -0.15) is 0 Å². The molecule has 1 saturated carbocycles. The Morgan fingerprint density at radius 1 is 1.32 bits per heavy atom. The second kappa shape index (κ2) is 7.04. The van der Waals surface area contributed by atoms with Crippen LogP contribution in [-0.4, -0.2) is 25.9 Å². The molecule has 106 valence electrons. The van der Waals surface area contributed by atoms with Gasteiger partial charge < -0.3 is 15.2 Å². The molecule has 2 rings (SSSR count). The molecule has 1 fully saturated rings. The highest BCUT2D eigenvalue weighted by atomic mass is 16.5. The third-order valence-electron chi connectivity index (χ3n) is 3.90. The van der Waals surface area contributed by atoms with Crippen LogP contribution in [0, 0.1) is 6.92 Å². The minimum Gasteiger partial charge on any atom is -0.381 e. The Hall–Kier alpha value is -0.900. The molecule has 1 aromatic carbocycles. The van der Waals surface area contributed by atoms with Crippen molar-refractivity contribution in [1.82, 2.24) is 0 Å². The largest absolute Gasteiger partial charge is 0.381 e. The molecule has 1 aliphatic carbocycles. The van der Waals surface area contributed by atoms with Crippen LogP contribution in [0.15, 0.2) is 24.3 Å². The zero-order chi connectivity index (χ0) is 13.7. The summed E-state index contributed by atoms with van der Waals surface area (Å²) in [4.78, 5) is 0. The minimum atomic E-state index is 0.000469. The highest BCUT2D eigenvalue weighted by molar-refractivity contribution is 5.24. The zero-order valence-electron chi connectivity index (χ0n) is 12.0. The molecule has 1 aliphatic rings. The fourth-order valence-corrected chi connectivity index (χ4v) is 2.81. The number of ether oxygens (including phenoxy) is 2. The number of benzene rings is 1. The van der Waals surface area contributed by atoms with Gasteiger partial charge in [0.2, 0.25) is 0 Å². The lowest BCUT2D eigenvalue weighted by Gasteiger charge is -2.31. The van der Waals surface area contributed by atoms with Crippen molar-refractivity contribution in [3.63, 3.8) is 0 Å². The van der Waals surface area contributed by atoms with E-state index in [1.165, 1.54) is 17.5 Å². The van der Waals surface area contributed by atoms with Crippen LogP contribution in [0.1, 0.15) is 42.9 Å². The maximum absolute atomic E-state index is 6.21. The number of nitrogens with two attached hydrogens (primary N) is 1. The molecule has 0 bridgehead atoms. The van der Waals surface area contributed by atoms with Crippen LogP contribution >= 0.6 is 0 Å². The van der Waals surface area contributed by atoms with E-state index in [0.29, 0.717) is 12.6 Å². The van der Waals surface area contributed by atoms with E-state index in [0.717, 1.165) is 19.3 Å². The molecule has 1 aromatic rings. The van der Waals surface area contributed by atoms with Gasteiger partial charge in [0.15, 0.2) is 0 Å². The first-order valence-corrected chi connectivity index (χ1v) is 7.17. The molecule has 0 heterocycles. The first-order chi connectivity index (χ1) is 9.22. The SMILES string of the molecule is COC1CCCC(OC(CN)c2cccc(C)c2)C1. The second-order valence-electron chi connectivity index (χ2n) is 5.42. The molecule has 3 atom stereocenters. The number of hydrogen-bond donors (Lipinski definition) is 1. The highest BCUT2D eigenvalue weighted by Gasteiger charge is 2.25. The number of methoxy groups -OCH3 is 1. The second-order valence-corrected chi connectivity index (χ2v) is 5.42. The van der Waals surface area contributed by atoms with Gasteiger partial charge in [0.05, 0.1) is 18.3 Å². The highest BCUT2D eigenvalue weighted by Crippen LogP contribution is 2.28. The van der Waals surface area contributed by atoms with E-state index in [4.69, 9.17) is 15.2 Å². The smallest absolute Gasteiger partial charge is 0.0950 e. The van der Waals surface area contributed by atoms with Crippen molar-refractivity contribution in [1.29, 1.82) is 0 Å². The molecule has 3 unspecified atom stereocenters. The Bertz CT molecular complexity index is 394. The molecule has 2 N–H and O–H groups in total. The van der Waals surface area contributed by atoms with Gasteiger partial charge in [-0.05, 0) is 38.2 Å². The summed E-state index contributed by atoms with van der Waals surface area (Å²) in [5.74, 6) is 0. The lowest BCUT2D eigenvalue weighted by Crippen LogP contribution is -2.30. The van der Waals surface area contributed by atoms with E-state index in [1.807, 2.05) is 0 Å². The summed E-state index contributed by atoms with van der Waals surface area (Å²) in [7, 11) is 1.79. The van der Waals surface area contributed by atoms with E-state index in [-0.39, 0.29) is 12.2 Å². The van der Waals surface area contributed by atoms with Gasteiger partial charge in [-0.3, -0.25) is 0 Å². The minimum absolute atomic E-state index is 0.000469. The molecule has 0 aromatic heterocycles. The molecular formula is C16H25NO2. The molecule has 3 heteroatoms. The summed E-state index contributed by atoms with van der Waals surface area (Å²) < 4.78 is 11.7. The topological polar surface area (TPSA) is 44.5 Å². The van der Waals surface area contributed by atoms with Crippen LogP contribution in [0.4, 0.5) is 0 Å². The van der Waals surface area contributed by atoms with Crippen molar-refractivity contribution in [2.45, 2.75) is 50.9 Å². The van der Waals surface area contributed by atoms with Crippen molar-refractivity contribution in [3.05, 3.63) is 35.4 Å². The van der Waals surface area contributed by atoms with Gasteiger partial charge in [0.1, 0.15) is 0 Å². The van der Waals surface area contributed by atoms with Crippen molar-refractivity contribution >= 4 is 0 Å². The van der Waals surface area contributed by atoms with Gasteiger partial charge in [0.25, 0.3) is 0 Å². The molecule has 0 saturated heterocycles. The average molecular weight is 263 g/mol. The normalized spacial score (nSPS) is 25.2. The summed E-state index contributed by atoms with van der Waals surface area (Å²) in [5.41, 5.74) is 8.31. The van der Waals surface area contributed by atoms with Crippen LogP contribution in [0.3, 0.4) is 0 Å². The fraction of sp³-hybridized carbons (Fsp3) is 0.625. The fourth-order valence-electron chi connectivity index (χ4n) is 2.81. The van der Waals surface area contributed by atoms with Gasteiger partial charge >= 0.3 is 0 Å². The van der Waals surface area contributed by atoms with Crippen LogP contribution in [0.5, 0.6) is 0 Å². The van der Waals surface area contributed by atoms with E-state index >= 15 is 0 Å². The number of hydrogen-bond acceptors (Lipinski definition) is 3. The predicted molar refractivity (Wildman–Crippen MR) is 77.1 cm³/mol. The van der Waals surface area contributed by atoms with Gasteiger partial charge in [0, 0.05) is 13.7 Å². The molecule has 3 nitrogen and oxygen atoms in total. The van der Waals surface area contributed by atoms with Crippen LogP contribution < -0.4 is 5.73 Å². The van der Waals surface area contributed by atoms with Crippen molar-refractivity contribution in [3.8, 4) is 0 Å². The van der Waals surface area contributed by atoms with Crippen LogP contribution in [-0.2, 0) is 9.47 Å². The summed E-state index contributed by atoms with van der Waals surface area (Å²) in [6, 6.07) is 8.42. The maximum Gasteiger partial charge on any atom is 0.0950 e. The molecular weight excluding hydrogens is 238 g/mol. The van der Waals surface area contributed by atoms with Crippen molar-refractivity contribution < 1.29 is 9.47 Å². The van der Waals surface area contributed by atoms with E-state index in [2.05, 4.69) is 31.2 Å². The van der Waals surface area contributed by atoms with Gasteiger partial charge in [-0.25, -0.2) is 0 Å². The average Bonchev–Trinajstić information content (AvgIpc) is 2.45. The predicted octanol–water partition coefficient (Wildman–Crippen LogP) is 2.97. The Morgan fingerprint density at radius 2 is 2.11 bits per heavy atom. The summed E-state index contributed by atoms with van der Waals surface area (Å²) in [6.45, 7) is 2.62. The number of aryl methyl sites for hydroxylation is 1. The Morgan fingerprint density at radius 3 is 2.79 bits per heavy atom. The molecule has 19 heavy (non-hydrogen) atoms. The van der Waals surface area contributed by atoms with Crippen LogP contribution in [0.2, 0.25) is 0 Å². The first-order valence-electron chi connectivity index (χ1n) is 7.17. The van der Waals surface area contributed by atoms with Gasteiger partial charge in [-0.1, -0.05) is 29.8 Å². The van der Waals surface area contributed by atoms with E-state index in [9.17, 15) is 0 Å². The molecule has 0 spiro atoms. The molecule has 0 radical (unpaired) electrons. The Kier molecular flexibility index (Phi) is 5.37. The first kappa shape index (κ1) is 14.5. The van der Waals surface area contributed by atoms with Gasteiger partial charge in [-0.15, -0.1) is 0 Å². The Labute approximate surface area is 116 Å². The maximum atomic E-state index is 6.21. The van der Waals surface area contributed by atoms with E-state index in [1.54, 1.807) is 7.11 Å². The third-order valence-corrected chi connectivity index (χ3v) is 3.90. The standard InChI is InChI=1S/C16H25NO2/c1-12-5-3-6-13(9-12)16(11-17)19-15-8-4-7-14(10-15)18-2/h3,5-6,9,14-16H,4,7-8,10-11,17H2,1-2H3. The molecule has 0 aliphatic heterocycles. The zero-order valence-corrected chi connectivity index (χ0v) is 12.0. The summed E-state index contributed by atoms with van der Waals surface area (Å²) in [6.07, 6.45) is 5.03. The number of rotatable bonds is 5. The quantitative estimate of drug-likeness (QED) is 0.888. The Balaban J connectivity index is 1.99. The van der Waals surface area contributed by atoms with Crippen molar-refractivity contribution in [2.24, 2.45) is 5.73 Å². The molecule has 0 amide bonds. The monoisotopic (exact) mass is 263 g/mol. The third kappa shape index (κ3) is 4.03. The van der Waals surface area contributed by atoms with Crippen LogP contribution in [0.25, 0.3) is 0 Å².